The second-order valence-corrected chi connectivity index (χ2v) is 4.43. The Hall–Kier alpha value is -1.56. The average molecular weight is 273 g/mol. The van der Waals surface area contributed by atoms with E-state index in [0.29, 0.717) is 11.6 Å². The number of rotatable bonds is 5. The van der Waals surface area contributed by atoms with E-state index in [1.807, 2.05) is 13.8 Å². The van der Waals surface area contributed by atoms with Crippen LogP contribution in [-0.2, 0) is 4.79 Å². The summed E-state index contributed by atoms with van der Waals surface area (Å²) in [6.45, 7) is 5.52. The molecule has 0 radical (unpaired) electrons. The van der Waals surface area contributed by atoms with Gasteiger partial charge in [-0.2, -0.15) is 0 Å². The van der Waals surface area contributed by atoms with Crippen LogP contribution in [0, 0.1) is 0 Å². The number of hydrogen-bond acceptors (Lipinski definition) is 5. The molecule has 1 aromatic rings. The van der Waals surface area contributed by atoms with Crippen LogP contribution in [0.3, 0.4) is 0 Å². The minimum atomic E-state index is -0.452. The van der Waals surface area contributed by atoms with Crippen LogP contribution in [0.15, 0.2) is 6.33 Å². The first kappa shape index (κ1) is 14.5. The number of anilines is 1. The largest absolute Gasteiger partial charge is 0.490 e. The van der Waals surface area contributed by atoms with Crippen LogP contribution in [0.5, 0.6) is 5.75 Å². The number of ether oxygens (including phenoxy) is 1. The van der Waals surface area contributed by atoms with Gasteiger partial charge in [0, 0.05) is 6.04 Å². The summed E-state index contributed by atoms with van der Waals surface area (Å²) < 4.78 is 5.09. The number of hydrogen-bond donors (Lipinski definition) is 2. The fourth-order valence-electron chi connectivity index (χ4n) is 1.32. The van der Waals surface area contributed by atoms with Gasteiger partial charge >= 0.3 is 0 Å². The van der Waals surface area contributed by atoms with Gasteiger partial charge in [0.25, 0.3) is 0 Å². The molecule has 0 saturated heterocycles. The summed E-state index contributed by atoms with van der Waals surface area (Å²) >= 11 is 5.86. The lowest BCUT2D eigenvalue weighted by atomic mass is 10.3. The van der Waals surface area contributed by atoms with Crippen molar-refractivity contribution in [2.45, 2.75) is 32.9 Å². The molecule has 100 valence electrons. The smallest absolute Gasteiger partial charge is 0.242 e. The minimum Gasteiger partial charge on any atom is -0.490 e. The van der Waals surface area contributed by atoms with Crippen LogP contribution in [-0.4, -0.2) is 35.1 Å². The van der Waals surface area contributed by atoms with E-state index in [1.54, 1.807) is 6.92 Å². The molecule has 1 amide bonds. The number of carbonyl (C=O) groups is 1. The van der Waals surface area contributed by atoms with Crippen LogP contribution in [0.25, 0.3) is 0 Å². The van der Waals surface area contributed by atoms with Crippen molar-refractivity contribution in [3.63, 3.8) is 0 Å². The molecule has 1 rings (SSSR count). The van der Waals surface area contributed by atoms with Gasteiger partial charge in [-0.3, -0.25) is 4.79 Å². The van der Waals surface area contributed by atoms with Crippen LogP contribution < -0.4 is 15.4 Å². The van der Waals surface area contributed by atoms with Crippen molar-refractivity contribution < 1.29 is 9.53 Å². The van der Waals surface area contributed by atoms with E-state index in [0.717, 1.165) is 0 Å². The number of methoxy groups -OCH3 is 1. The van der Waals surface area contributed by atoms with Crippen molar-refractivity contribution in [2.75, 3.05) is 12.4 Å². The predicted octanol–water partition coefficient (Wildman–Crippen LogP) is 1.46. The van der Waals surface area contributed by atoms with Crippen LogP contribution >= 0.6 is 11.6 Å². The van der Waals surface area contributed by atoms with E-state index in [2.05, 4.69) is 20.6 Å². The molecule has 1 atom stereocenters. The monoisotopic (exact) mass is 272 g/mol. The minimum absolute atomic E-state index is 0.0811. The van der Waals surface area contributed by atoms with E-state index < -0.39 is 6.04 Å². The molecular weight excluding hydrogens is 256 g/mol. The molecule has 1 unspecified atom stereocenters. The Labute approximate surface area is 111 Å². The SMILES string of the molecule is COc1c(Cl)ncnc1NC(C)C(=O)NC(C)C. The normalized spacial score (nSPS) is 12.1. The molecule has 0 saturated carbocycles. The number of nitrogens with zero attached hydrogens (tertiary/aromatic N) is 2. The fraction of sp³-hybridized carbons (Fsp3) is 0.545. The second-order valence-electron chi connectivity index (χ2n) is 4.08. The zero-order valence-corrected chi connectivity index (χ0v) is 11.6. The van der Waals surface area contributed by atoms with Gasteiger partial charge in [0.2, 0.25) is 5.91 Å². The second kappa shape index (κ2) is 6.39. The van der Waals surface area contributed by atoms with Crippen LogP contribution in [0.2, 0.25) is 5.15 Å². The Morgan fingerprint density at radius 1 is 1.39 bits per heavy atom. The Morgan fingerprint density at radius 3 is 2.61 bits per heavy atom. The maximum absolute atomic E-state index is 11.8. The molecular formula is C11H17ClN4O2. The zero-order chi connectivity index (χ0) is 13.7. The van der Waals surface area contributed by atoms with Gasteiger partial charge < -0.3 is 15.4 Å². The molecule has 2 N–H and O–H groups in total. The van der Waals surface area contributed by atoms with E-state index in [-0.39, 0.29) is 17.1 Å². The first-order chi connectivity index (χ1) is 8.45. The highest BCUT2D eigenvalue weighted by molar-refractivity contribution is 6.31. The molecule has 0 bridgehead atoms. The summed E-state index contributed by atoms with van der Waals surface area (Å²) in [5, 5.41) is 5.93. The van der Waals surface area contributed by atoms with Gasteiger partial charge in [-0.05, 0) is 20.8 Å². The third-order valence-electron chi connectivity index (χ3n) is 2.14. The van der Waals surface area contributed by atoms with Crippen molar-refractivity contribution in [1.29, 1.82) is 0 Å². The lowest BCUT2D eigenvalue weighted by molar-refractivity contribution is -0.122. The predicted molar refractivity (Wildman–Crippen MR) is 70.0 cm³/mol. The first-order valence-corrected chi connectivity index (χ1v) is 5.95. The maximum Gasteiger partial charge on any atom is 0.242 e. The molecule has 0 aliphatic heterocycles. The molecule has 1 heterocycles. The highest BCUT2D eigenvalue weighted by atomic mass is 35.5. The summed E-state index contributed by atoms with van der Waals surface area (Å²) in [6.07, 6.45) is 1.31. The molecule has 0 aliphatic carbocycles. The topological polar surface area (TPSA) is 76.1 Å². The number of nitrogens with one attached hydrogen (secondary N) is 2. The van der Waals surface area contributed by atoms with Crippen molar-refractivity contribution >= 4 is 23.3 Å². The van der Waals surface area contributed by atoms with E-state index in [9.17, 15) is 4.79 Å². The van der Waals surface area contributed by atoms with E-state index >= 15 is 0 Å². The standard InChI is InChI=1S/C11H17ClN4O2/c1-6(2)15-11(17)7(3)16-10-8(18-4)9(12)13-5-14-10/h5-7H,1-4H3,(H,15,17)(H,13,14,16). The molecule has 7 heteroatoms. The van der Waals surface area contributed by atoms with Crippen LogP contribution in [0.1, 0.15) is 20.8 Å². The van der Waals surface area contributed by atoms with Gasteiger partial charge in [-0.25, -0.2) is 9.97 Å². The van der Waals surface area contributed by atoms with Gasteiger partial charge in [-0.1, -0.05) is 11.6 Å². The summed E-state index contributed by atoms with van der Waals surface area (Å²) in [6, 6.07) is -0.370. The Kier molecular flexibility index (Phi) is 5.15. The van der Waals surface area contributed by atoms with Gasteiger partial charge in [0.1, 0.15) is 12.4 Å². The number of halogens is 1. The van der Waals surface area contributed by atoms with Crippen molar-refractivity contribution in [1.82, 2.24) is 15.3 Å². The lowest BCUT2D eigenvalue weighted by Crippen LogP contribution is -2.41. The molecule has 0 fully saturated rings. The Balaban J connectivity index is 2.78. The van der Waals surface area contributed by atoms with Gasteiger partial charge in [0.05, 0.1) is 7.11 Å². The molecule has 0 aliphatic rings. The lowest BCUT2D eigenvalue weighted by Gasteiger charge is -2.17. The number of carbonyl (C=O) groups excluding carboxylic acids is 1. The average Bonchev–Trinajstić information content (AvgIpc) is 2.28. The van der Waals surface area contributed by atoms with Crippen LogP contribution in [0.4, 0.5) is 5.82 Å². The first-order valence-electron chi connectivity index (χ1n) is 5.57. The quantitative estimate of drug-likeness (QED) is 0.794. The summed E-state index contributed by atoms with van der Waals surface area (Å²) in [7, 11) is 1.47. The van der Waals surface area contributed by atoms with Crippen molar-refractivity contribution in [3.8, 4) is 5.75 Å². The van der Waals surface area contributed by atoms with E-state index in [1.165, 1.54) is 13.4 Å². The van der Waals surface area contributed by atoms with Gasteiger partial charge in [-0.15, -0.1) is 0 Å². The molecule has 6 nitrogen and oxygen atoms in total. The van der Waals surface area contributed by atoms with Crippen molar-refractivity contribution in [3.05, 3.63) is 11.5 Å². The summed E-state index contributed by atoms with van der Waals surface area (Å²) in [5.41, 5.74) is 0. The number of aromatic nitrogens is 2. The Bertz CT molecular complexity index is 426. The molecule has 0 spiro atoms. The van der Waals surface area contributed by atoms with Crippen molar-refractivity contribution in [2.24, 2.45) is 0 Å². The zero-order valence-electron chi connectivity index (χ0n) is 10.8. The molecule has 1 aromatic heterocycles. The summed E-state index contributed by atoms with van der Waals surface area (Å²) in [4.78, 5) is 19.6. The highest BCUT2D eigenvalue weighted by Crippen LogP contribution is 2.28. The maximum atomic E-state index is 11.8. The van der Waals surface area contributed by atoms with Gasteiger partial charge in [0.15, 0.2) is 16.7 Å². The third kappa shape index (κ3) is 3.73. The number of amides is 1. The molecule has 0 aromatic carbocycles. The summed E-state index contributed by atoms with van der Waals surface area (Å²) in [5.74, 6) is 0.592. The third-order valence-corrected chi connectivity index (χ3v) is 2.41. The fourth-order valence-corrected chi connectivity index (χ4v) is 1.53. The van der Waals surface area contributed by atoms with E-state index in [4.69, 9.17) is 16.3 Å². The highest BCUT2D eigenvalue weighted by Gasteiger charge is 2.17. The molecule has 18 heavy (non-hydrogen) atoms. The Morgan fingerprint density at radius 2 is 2.06 bits per heavy atom.